The van der Waals surface area contributed by atoms with Crippen LogP contribution >= 0.6 is 0 Å². The normalized spacial score (nSPS) is 19.8. The van der Waals surface area contributed by atoms with Gasteiger partial charge in [-0.15, -0.1) is 0 Å². The number of nitrogens with one attached hydrogen (secondary N) is 3. The van der Waals surface area contributed by atoms with E-state index in [-0.39, 0.29) is 11.3 Å². The molecule has 1 saturated heterocycles. The average Bonchev–Trinajstić information content (AvgIpc) is 3.20. The van der Waals surface area contributed by atoms with Gasteiger partial charge in [0.1, 0.15) is 17.8 Å². The first-order valence-corrected chi connectivity index (χ1v) is 9.02. The maximum Gasteiger partial charge on any atom is 0.325 e. The van der Waals surface area contributed by atoms with E-state index in [9.17, 15) is 24.3 Å². The zero-order valence-corrected chi connectivity index (χ0v) is 15.3. The minimum absolute atomic E-state index is 0.0238. The number of benzene rings is 2. The van der Waals surface area contributed by atoms with Crippen molar-refractivity contribution in [2.45, 2.75) is 18.4 Å². The van der Waals surface area contributed by atoms with E-state index in [1.807, 2.05) is 12.1 Å². The molecule has 5 amide bonds. The third-order valence-corrected chi connectivity index (χ3v) is 5.19. The van der Waals surface area contributed by atoms with E-state index in [1.54, 1.807) is 24.3 Å². The fraction of sp³-hybridized carbons (Fsp3) is 0.200. The first-order chi connectivity index (χ1) is 13.9. The van der Waals surface area contributed by atoms with Gasteiger partial charge in [0, 0.05) is 0 Å². The zero-order chi connectivity index (χ0) is 20.6. The van der Waals surface area contributed by atoms with Crippen molar-refractivity contribution in [3.63, 3.8) is 0 Å². The third kappa shape index (κ3) is 3.06. The summed E-state index contributed by atoms with van der Waals surface area (Å²) in [5, 5.41) is 12.4. The summed E-state index contributed by atoms with van der Waals surface area (Å²) in [6.45, 7) is -0.546. The molecule has 1 spiro atoms. The van der Waals surface area contributed by atoms with Gasteiger partial charge in [0.05, 0.1) is 5.56 Å². The molecule has 1 aliphatic heterocycles. The van der Waals surface area contributed by atoms with E-state index < -0.39 is 35.8 Å². The predicted octanol–water partition coefficient (Wildman–Crippen LogP) is 0.547. The Morgan fingerprint density at radius 2 is 1.79 bits per heavy atom. The SMILES string of the molecule is O=C(CN1C(=O)NC2(CCc3ccccc32)C1=O)NNC(=O)c1ccccc1O. The van der Waals surface area contributed by atoms with Crippen LogP contribution < -0.4 is 16.2 Å². The molecule has 4 rings (SSSR count). The largest absolute Gasteiger partial charge is 0.507 e. The molecule has 4 N–H and O–H groups in total. The molecule has 1 aliphatic carbocycles. The summed E-state index contributed by atoms with van der Waals surface area (Å²) >= 11 is 0. The number of hydrazine groups is 1. The highest BCUT2D eigenvalue weighted by atomic mass is 16.3. The lowest BCUT2D eigenvalue weighted by Crippen LogP contribution is -2.48. The summed E-state index contributed by atoms with van der Waals surface area (Å²) in [5.41, 5.74) is 4.87. The summed E-state index contributed by atoms with van der Waals surface area (Å²) in [5.74, 6) is -2.21. The molecule has 148 valence electrons. The fourth-order valence-corrected chi connectivity index (χ4v) is 3.78. The van der Waals surface area contributed by atoms with Gasteiger partial charge in [-0.3, -0.25) is 30.1 Å². The van der Waals surface area contributed by atoms with Gasteiger partial charge < -0.3 is 10.4 Å². The van der Waals surface area contributed by atoms with E-state index in [4.69, 9.17) is 0 Å². The van der Waals surface area contributed by atoms with Crippen LogP contribution in [0.2, 0.25) is 0 Å². The summed E-state index contributed by atoms with van der Waals surface area (Å²) in [4.78, 5) is 50.4. The second-order valence-corrected chi connectivity index (χ2v) is 6.90. The standard InChI is InChI=1S/C20H18N4O5/c25-15-8-4-2-6-13(15)17(27)23-22-16(26)11-24-18(28)20(21-19(24)29)10-9-12-5-1-3-7-14(12)20/h1-8,25H,9-11H2,(H,21,29)(H,22,26)(H,23,27). The monoisotopic (exact) mass is 394 g/mol. The molecule has 2 aromatic rings. The van der Waals surface area contributed by atoms with Crippen LogP contribution in [0.5, 0.6) is 5.75 Å². The Labute approximate surface area is 165 Å². The Kier molecular flexibility index (Phi) is 4.42. The first-order valence-electron chi connectivity index (χ1n) is 9.02. The van der Waals surface area contributed by atoms with E-state index in [0.29, 0.717) is 12.8 Å². The van der Waals surface area contributed by atoms with Gasteiger partial charge >= 0.3 is 6.03 Å². The molecule has 29 heavy (non-hydrogen) atoms. The van der Waals surface area contributed by atoms with Crippen LogP contribution in [-0.2, 0) is 21.5 Å². The molecule has 1 unspecified atom stereocenters. The lowest BCUT2D eigenvalue weighted by Gasteiger charge is -2.22. The number of amides is 5. The number of rotatable bonds is 3. The predicted molar refractivity (Wildman–Crippen MR) is 100 cm³/mol. The molecule has 0 bridgehead atoms. The number of aryl methyl sites for hydroxylation is 1. The minimum Gasteiger partial charge on any atom is -0.507 e. The molecule has 9 heteroatoms. The van der Waals surface area contributed by atoms with E-state index in [2.05, 4.69) is 16.2 Å². The Morgan fingerprint density at radius 3 is 2.59 bits per heavy atom. The molecule has 0 radical (unpaired) electrons. The van der Waals surface area contributed by atoms with Crippen LogP contribution in [-0.4, -0.2) is 40.3 Å². The van der Waals surface area contributed by atoms with Crippen LogP contribution in [0.4, 0.5) is 4.79 Å². The Bertz CT molecular complexity index is 1040. The van der Waals surface area contributed by atoms with Gasteiger partial charge in [0.2, 0.25) is 0 Å². The number of phenolic OH excluding ortho intramolecular Hbond substituents is 1. The van der Waals surface area contributed by atoms with E-state index in [0.717, 1.165) is 16.0 Å². The van der Waals surface area contributed by atoms with Gasteiger partial charge in [-0.1, -0.05) is 36.4 Å². The maximum absolute atomic E-state index is 13.0. The number of urea groups is 1. The van der Waals surface area contributed by atoms with Crippen LogP contribution in [0.3, 0.4) is 0 Å². The summed E-state index contributed by atoms with van der Waals surface area (Å²) in [7, 11) is 0. The molecule has 1 heterocycles. The van der Waals surface area contributed by atoms with Crippen LogP contribution in [0.15, 0.2) is 48.5 Å². The molecule has 1 fully saturated rings. The van der Waals surface area contributed by atoms with Crippen molar-refractivity contribution in [1.29, 1.82) is 0 Å². The van der Waals surface area contributed by atoms with E-state index >= 15 is 0 Å². The van der Waals surface area contributed by atoms with Crippen molar-refractivity contribution < 1.29 is 24.3 Å². The maximum atomic E-state index is 13.0. The number of aromatic hydroxyl groups is 1. The second-order valence-electron chi connectivity index (χ2n) is 6.90. The molecule has 1 atom stereocenters. The number of fused-ring (bicyclic) bond motifs is 2. The van der Waals surface area contributed by atoms with Gasteiger partial charge in [-0.25, -0.2) is 4.79 Å². The molecule has 2 aliphatic rings. The molecule has 9 nitrogen and oxygen atoms in total. The lowest BCUT2D eigenvalue weighted by atomic mass is 9.92. The quantitative estimate of drug-likeness (QED) is 0.446. The van der Waals surface area contributed by atoms with Gasteiger partial charge in [-0.2, -0.15) is 0 Å². The third-order valence-electron chi connectivity index (χ3n) is 5.19. The molecular formula is C20H18N4O5. The number of carbonyl (C=O) groups is 4. The number of hydrogen-bond donors (Lipinski definition) is 4. The number of phenols is 1. The number of imide groups is 1. The van der Waals surface area contributed by atoms with Crippen molar-refractivity contribution in [3.8, 4) is 5.75 Å². The van der Waals surface area contributed by atoms with Gasteiger partial charge in [-0.05, 0) is 36.1 Å². The van der Waals surface area contributed by atoms with E-state index in [1.165, 1.54) is 12.1 Å². The molecular weight excluding hydrogens is 376 g/mol. The van der Waals surface area contributed by atoms with Crippen LogP contribution in [0, 0.1) is 0 Å². The van der Waals surface area contributed by atoms with Crippen molar-refractivity contribution >= 4 is 23.8 Å². The lowest BCUT2D eigenvalue weighted by molar-refractivity contribution is -0.135. The number of para-hydroxylation sites is 1. The van der Waals surface area contributed by atoms with Gasteiger partial charge in [0.15, 0.2) is 0 Å². The first kappa shape index (κ1) is 18.5. The van der Waals surface area contributed by atoms with Crippen LogP contribution in [0.25, 0.3) is 0 Å². The Balaban J connectivity index is 1.42. The topological polar surface area (TPSA) is 128 Å². The molecule has 0 saturated carbocycles. The van der Waals surface area contributed by atoms with Gasteiger partial charge in [0.25, 0.3) is 17.7 Å². The molecule has 0 aromatic heterocycles. The van der Waals surface area contributed by atoms with Crippen molar-refractivity contribution in [3.05, 3.63) is 65.2 Å². The highest BCUT2D eigenvalue weighted by Crippen LogP contribution is 2.41. The second kappa shape index (κ2) is 6.93. The van der Waals surface area contributed by atoms with Crippen molar-refractivity contribution in [1.82, 2.24) is 21.1 Å². The number of nitrogens with zero attached hydrogens (tertiary/aromatic N) is 1. The smallest absolute Gasteiger partial charge is 0.325 e. The number of hydrogen-bond acceptors (Lipinski definition) is 5. The number of carbonyl (C=O) groups excluding carboxylic acids is 4. The summed E-state index contributed by atoms with van der Waals surface area (Å²) in [6, 6.07) is 12.6. The minimum atomic E-state index is -1.15. The zero-order valence-electron chi connectivity index (χ0n) is 15.3. The highest BCUT2D eigenvalue weighted by molar-refractivity contribution is 6.10. The van der Waals surface area contributed by atoms with Crippen LogP contribution in [0.1, 0.15) is 27.9 Å². The average molecular weight is 394 g/mol. The van der Waals surface area contributed by atoms with Crippen molar-refractivity contribution in [2.75, 3.05) is 6.54 Å². The van der Waals surface area contributed by atoms with Crippen molar-refractivity contribution in [2.24, 2.45) is 0 Å². The molecule has 2 aromatic carbocycles. The fourth-order valence-electron chi connectivity index (χ4n) is 3.78. The Hall–Kier alpha value is -3.88. The Morgan fingerprint density at radius 1 is 1.07 bits per heavy atom. The summed E-state index contributed by atoms with van der Waals surface area (Å²) in [6.07, 6.45) is 1.08. The highest BCUT2D eigenvalue weighted by Gasteiger charge is 2.55. The summed E-state index contributed by atoms with van der Waals surface area (Å²) < 4.78 is 0.